The average molecular weight is 235 g/mol. The summed E-state index contributed by atoms with van der Waals surface area (Å²) in [5.74, 6) is 0.343. The Kier molecular flexibility index (Phi) is 4.37. The summed E-state index contributed by atoms with van der Waals surface area (Å²) in [6, 6.07) is 0. The lowest BCUT2D eigenvalue weighted by atomic mass is 9.99. The third-order valence-corrected chi connectivity index (χ3v) is 3.07. The minimum Gasteiger partial charge on any atom is -0.379 e. The zero-order valence-electron chi connectivity index (χ0n) is 9.04. The lowest BCUT2D eigenvalue weighted by Gasteiger charge is -2.25. The molecule has 0 aromatic carbocycles. The van der Waals surface area contributed by atoms with Crippen molar-refractivity contribution in [1.29, 1.82) is 0 Å². The van der Waals surface area contributed by atoms with Gasteiger partial charge in [-0.2, -0.15) is 0 Å². The fraction of sp³-hybridized carbons (Fsp3) is 0.900. The number of amides is 1. The molecular formula is C10H19ClN2O2. The average Bonchev–Trinajstić information content (AvgIpc) is 2.74. The predicted octanol–water partition coefficient (Wildman–Crippen LogP) is 0.313. The van der Waals surface area contributed by atoms with Crippen LogP contribution in [-0.4, -0.2) is 37.7 Å². The number of halogens is 1. The summed E-state index contributed by atoms with van der Waals surface area (Å²) in [4.78, 5) is 11.8. The first kappa shape index (κ1) is 12.7. The Morgan fingerprint density at radius 3 is 2.93 bits per heavy atom. The van der Waals surface area contributed by atoms with Crippen LogP contribution in [0.2, 0.25) is 0 Å². The molecule has 15 heavy (non-hydrogen) atoms. The number of rotatable bonds is 2. The van der Waals surface area contributed by atoms with Crippen LogP contribution >= 0.6 is 12.4 Å². The summed E-state index contributed by atoms with van der Waals surface area (Å²) in [6.45, 7) is 5.26. The molecule has 0 spiro atoms. The van der Waals surface area contributed by atoms with E-state index in [9.17, 15) is 4.79 Å². The Morgan fingerprint density at radius 2 is 2.40 bits per heavy atom. The molecule has 4 nitrogen and oxygen atoms in total. The number of hydrogen-bond donors (Lipinski definition) is 2. The number of carbonyl (C=O) groups excluding carboxylic acids is 1. The first-order valence-corrected chi connectivity index (χ1v) is 5.30. The third kappa shape index (κ3) is 3.06. The number of hydrogen-bond acceptors (Lipinski definition) is 3. The molecule has 2 rings (SSSR count). The maximum absolute atomic E-state index is 11.8. The molecule has 0 aromatic rings. The highest BCUT2D eigenvalue weighted by Crippen LogP contribution is 2.19. The minimum absolute atomic E-state index is 0. The molecule has 2 heterocycles. The molecule has 1 amide bonds. The summed E-state index contributed by atoms with van der Waals surface area (Å²) < 4.78 is 5.29. The van der Waals surface area contributed by atoms with Crippen molar-refractivity contribution in [2.24, 2.45) is 5.92 Å². The van der Waals surface area contributed by atoms with E-state index < -0.39 is 0 Å². The van der Waals surface area contributed by atoms with Gasteiger partial charge in [0.2, 0.25) is 5.91 Å². The first-order valence-electron chi connectivity index (χ1n) is 5.30. The van der Waals surface area contributed by atoms with Gasteiger partial charge >= 0.3 is 0 Å². The molecule has 0 radical (unpaired) electrons. The van der Waals surface area contributed by atoms with Gasteiger partial charge in [-0.1, -0.05) is 0 Å². The first-order chi connectivity index (χ1) is 6.70. The lowest BCUT2D eigenvalue weighted by molar-refractivity contribution is -0.126. The Labute approximate surface area is 96.5 Å². The van der Waals surface area contributed by atoms with Crippen LogP contribution < -0.4 is 10.6 Å². The second-order valence-electron chi connectivity index (χ2n) is 4.54. The molecule has 1 unspecified atom stereocenters. The van der Waals surface area contributed by atoms with E-state index in [0.29, 0.717) is 6.61 Å². The minimum atomic E-state index is -0.125. The SMILES string of the molecule is CC1(NC(=O)[C@@H]2CCNC2)CCOC1.Cl. The van der Waals surface area contributed by atoms with E-state index in [-0.39, 0.29) is 29.8 Å². The van der Waals surface area contributed by atoms with Gasteiger partial charge in [0.1, 0.15) is 0 Å². The van der Waals surface area contributed by atoms with Crippen LogP contribution in [0.5, 0.6) is 0 Å². The van der Waals surface area contributed by atoms with Gasteiger partial charge in [-0.3, -0.25) is 4.79 Å². The van der Waals surface area contributed by atoms with Crippen molar-refractivity contribution < 1.29 is 9.53 Å². The predicted molar refractivity (Wildman–Crippen MR) is 60.2 cm³/mol. The Bertz CT molecular complexity index is 223. The molecule has 0 aromatic heterocycles. The molecule has 2 N–H and O–H groups in total. The summed E-state index contributed by atoms with van der Waals surface area (Å²) in [7, 11) is 0. The highest BCUT2D eigenvalue weighted by atomic mass is 35.5. The molecule has 0 aliphatic carbocycles. The Morgan fingerprint density at radius 1 is 1.60 bits per heavy atom. The summed E-state index contributed by atoms with van der Waals surface area (Å²) in [5.41, 5.74) is -0.125. The van der Waals surface area contributed by atoms with E-state index in [1.54, 1.807) is 0 Å². The van der Waals surface area contributed by atoms with Gasteiger partial charge in [0.15, 0.2) is 0 Å². The van der Waals surface area contributed by atoms with Gasteiger partial charge in [0.05, 0.1) is 18.1 Å². The van der Waals surface area contributed by atoms with Crippen molar-refractivity contribution in [1.82, 2.24) is 10.6 Å². The van der Waals surface area contributed by atoms with Gasteiger partial charge in [-0.05, 0) is 26.3 Å². The van der Waals surface area contributed by atoms with Gasteiger partial charge in [0.25, 0.3) is 0 Å². The summed E-state index contributed by atoms with van der Waals surface area (Å²) in [6.07, 6.45) is 1.89. The molecule has 2 aliphatic heterocycles. The van der Waals surface area contributed by atoms with E-state index in [4.69, 9.17) is 4.74 Å². The highest BCUT2D eigenvalue weighted by molar-refractivity contribution is 5.85. The van der Waals surface area contributed by atoms with E-state index in [1.807, 2.05) is 0 Å². The normalized spacial score (nSPS) is 34.9. The van der Waals surface area contributed by atoms with Crippen molar-refractivity contribution in [3.05, 3.63) is 0 Å². The zero-order chi connectivity index (χ0) is 10.0. The number of carbonyl (C=O) groups is 1. The van der Waals surface area contributed by atoms with E-state index in [2.05, 4.69) is 17.6 Å². The Hall–Kier alpha value is -0.320. The quantitative estimate of drug-likeness (QED) is 0.723. The molecule has 0 saturated carbocycles. The molecule has 2 fully saturated rings. The van der Waals surface area contributed by atoms with Crippen LogP contribution in [-0.2, 0) is 9.53 Å². The van der Waals surface area contributed by atoms with Crippen molar-refractivity contribution in [3.63, 3.8) is 0 Å². The van der Waals surface area contributed by atoms with Gasteiger partial charge in [0, 0.05) is 13.2 Å². The standard InChI is InChI=1S/C10H18N2O2.ClH/c1-10(3-5-14-7-10)12-9(13)8-2-4-11-6-8;/h8,11H,2-7H2,1H3,(H,12,13);1H/t8-,10?;/m1./s1. The van der Waals surface area contributed by atoms with Crippen molar-refractivity contribution in [3.8, 4) is 0 Å². The number of ether oxygens (including phenoxy) is 1. The molecule has 88 valence electrons. The van der Waals surface area contributed by atoms with Crippen LogP contribution in [0.4, 0.5) is 0 Å². The topological polar surface area (TPSA) is 50.4 Å². The monoisotopic (exact) mass is 234 g/mol. The van der Waals surface area contributed by atoms with Crippen molar-refractivity contribution >= 4 is 18.3 Å². The third-order valence-electron chi connectivity index (χ3n) is 3.07. The van der Waals surface area contributed by atoms with Crippen LogP contribution in [0.1, 0.15) is 19.8 Å². The lowest BCUT2D eigenvalue weighted by Crippen LogP contribution is -2.49. The molecule has 2 aliphatic rings. The maximum atomic E-state index is 11.8. The largest absolute Gasteiger partial charge is 0.379 e. The van der Waals surface area contributed by atoms with Gasteiger partial charge in [-0.15, -0.1) is 12.4 Å². The van der Waals surface area contributed by atoms with Gasteiger partial charge < -0.3 is 15.4 Å². The van der Waals surface area contributed by atoms with E-state index in [0.717, 1.165) is 32.5 Å². The fourth-order valence-corrected chi connectivity index (χ4v) is 2.04. The maximum Gasteiger partial charge on any atom is 0.224 e. The summed E-state index contributed by atoms with van der Waals surface area (Å²) >= 11 is 0. The van der Waals surface area contributed by atoms with Gasteiger partial charge in [-0.25, -0.2) is 0 Å². The smallest absolute Gasteiger partial charge is 0.224 e. The summed E-state index contributed by atoms with van der Waals surface area (Å²) in [5, 5.41) is 6.29. The molecule has 5 heteroatoms. The molecule has 0 bridgehead atoms. The highest BCUT2D eigenvalue weighted by Gasteiger charge is 2.34. The van der Waals surface area contributed by atoms with Crippen molar-refractivity contribution in [2.75, 3.05) is 26.3 Å². The van der Waals surface area contributed by atoms with Crippen LogP contribution in [0.3, 0.4) is 0 Å². The van der Waals surface area contributed by atoms with Crippen LogP contribution in [0, 0.1) is 5.92 Å². The zero-order valence-corrected chi connectivity index (χ0v) is 9.86. The second kappa shape index (κ2) is 5.14. The second-order valence-corrected chi connectivity index (χ2v) is 4.54. The molecule has 2 saturated heterocycles. The van der Waals surface area contributed by atoms with Crippen molar-refractivity contribution in [2.45, 2.75) is 25.3 Å². The molecular weight excluding hydrogens is 216 g/mol. The number of nitrogens with one attached hydrogen (secondary N) is 2. The van der Waals surface area contributed by atoms with Crippen LogP contribution in [0.15, 0.2) is 0 Å². The van der Waals surface area contributed by atoms with E-state index >= 15 is 0 Å². The van der Waals surface area contributed by atoms with Crippen LogP contribution in [0.25, 0.3) is 0 Å². The molecule has 2 atom stereocenters. The Balaban J connectivity index is 0.00000112. The fourth-order valence-electron chi connectivity index (χ4n) is 2.04. The van der Waals surface area contributed by atoms with E-state index in [1.165, 1.54) is 0 Å².